The lowest BCUT2D eigenvalue weighted by Gasteiger charge is -2.31. The summed E-state index contributed by atoms with van der Waals surface area (Å²) in [6, 6.07) is 17.7. The van der Waals surface area contributed by atoms with Crippen LogP contribution in [0.25, 0.3) is 10.8 Å². The van der Waals surface area contributed by atoms with Crippen LogP contribution in [0.2, 0.25) is 0 Å². The molecule has 3 aliphatic heterocycles. The molecule has 0 N–H and O–H groups in total. The van der Waals surface area contributed by atoms with Crippen molar-refractivity contribution in [1.82, 2.24) is 0 Å². The number of hydrogen-bond donors (Lipinski definition) is 0. The summed E-state index contributed by atoms with van der Waals surface area (Å²) in [5, 5.41) is 21.7. The maximum atomic E-state index is 13.9. The number of nitro benzene ring substituents is 1. The zero-order chi connectivity index (χ0) is 27.5. The number of non-ortho nitro benzene ring substituents is 1. The maximum absolute atomic E-state index is 13.9. The van der Waals surface area contributed by atoms with Gasteiger partial charge in [0.2, 0.25) is 11.8 Å². The second-order valence-electron chi connectivity index (χ2n) is 10.4. The zero-order valence-corrected chi connectivity index (χ0v) is 21.0. The van der Waals surface area contributed by atoms with Gasteiger partial charge in [-0.3, -0.25) is 19.7 Å². The quantitative estimate of drug-likeness (QED) is 0.201. The number of nitrogens with zero attached hydrogens (tertiary/aromatic N) is 3. The minimum Gasteiger partial charge on any atom is -0.462 e. The molecule has 0 aromatic heterocycles. The van der Waals surface area contributed by atoms with E-state index in [-0.39, 0.29) is 36.1 Å². The van der Waals surface area contributed by atoms with Crippen molar-refractivity contribution in [2.24, 2.45) is 11.8 Å². The molecule has 10 nitrogen and oxygen atoms in total. The number of ether oxygens (including phenoxy) is 2. The molecule has 2 amide bonds. The lowest BCUT2D eigenvalue weighted by atomic mass is 9.67. The molecule has 2 bridgehead atoms. The van der Waals surface area contributed by atoms with Crippen LogP contribution in [0, 0.1) is 33.3 Å². The third kappa shape index (κ3) is 3.61. The Morgan fingerprint density at radius 3 is 2.46 bits per heavy atom. The molecule has 4 unspecified atom stereocenters. The number of imide groups is 1. The molecule has 3 heterocycles. The highest BCUT2D eigenvalue weighted by atomic mass is 16.6. The van der Waals surface area contributed by atoms with Gasteiger partial charge in [0.15, 0.2) is 0 Å². The van der Waals surface area contributed by atoms with E-state index in [0.29, 0.717) is 34.9 Å². The van der Waals surface area contributed by atoms with Crippen molar-refractivity contribution in [2.45, 2.75) is 37.4 Å². The number of rotatable bonds is 6. The molecule has 3 fully saturated rings. The summed E-state index contributed by atoms with van der Waals surface area (Å²) in [6.07, 6.45) is 1.36. The summed E-state index contributed by atoms with van der Waals surface area (Å²) in [5.74, 6) is -2.72. The predicted octanol–water partition coefficient (Wildman–Crippen LogP) is 4.29. The third-order valence-electron chi connectivity index (χ3n) is 8.35. The summed E-state index contributed by atoms with van der Waals surface area (Å²) >= 11 is 0. The lowest BCUT2D eigenvalue weighted by molar-refractivity contribution is -0.384. The fourth-order valence-corrected chi connectivity index (χ4v) is 6.54. The predicted molar refractivity (Wildman–Crippen MR) is 138 cm³/mol. The molecule has 0 radical (unpaired) electrons. The summed E-state index contributed by atoms with van der Waals surface area (Å²) in [4.78, 5) is 51.8. The van der Waals surface area contributed by atoms with Crippen LogP contribution in [-0.4, -0.2) is 40.5 Å². The van der Waals surface area contributed by atoms with E-state index in [1.807, 2.05) is 6.92 Å². The van der Waals surface area contributed by atoms with Crippen molar-refractivity contribution in [3.8, 4) is 6.07 Å². The standard InChI is InChI=1S/C29H23N3O7/c1-28-12-13-29(39-28,14-15-38-27(35)17-6-9-19(10-7-17)32(36)37)24-23(28)25(33)31(26(24)34)22-11-8-18(16-30)20-4-2-3-5-21(20)22/h2-11,23-24H,12-15H2,1H3. The Hall–Kier alpha value is -4.62. The number of anilines is 1. The van der Waals surface area contributed by atoms with Crippen LogP contribution in [0.15, 0.2) is 60.7 Å². The minimum absolute atomic E-state index is 0.0452. The van der Waals surface area contributed by atoms with Crippen molar-refractivity contribution in [2.75, 3.05) is 11.5 Å². The highest BCUT2D eigenvalue weighted by Crippen LogP contribution is 2.62. The first kappa shape index (κ1) is 24.7. The minimum atomic E-state index is -0.959. The number of carbonyl (C=O) groups is 3. The molecule has 4 atom stereocenters. The van der Waals surface area contributed by atoms with Crippen LogP contribution >= 0.6 is 0 Å². The number of fused-ring (bicyclic) bond motifs is 6. The molecule has 3 saturated heterocycles. The van der Waals surface area contributed by atoms with Crippen molar-refractivity contribution in [3.63, 3.8) is 0 Å². The first-order valence-electron chi connectivity index (χ1n) is 12.6. The van der Waals surface area contributed by atoms with Gasteiger partial charge < -0.3 is 9.47 Å². The molecule has 0 aliphatic carbocycles. The summed E-state index contributed by atoms with van der Waals surface area (Å²) in [6.45, 7) is 1.81. The number of benzene rings is 3. The van der Waals surface area contributed by atoms with E-state index >= 15 is 0 Å². The van der Waals surface area contributed by atoms with Gasteiger partial charge in [0, 0.05) is 29.3 Å². The van der Waals surface area contributed by atoms with Gasteiger partial charge in [-0.2, -0.15) is 5.26 Å². The molecule has 196 valence electrons. The molecular weight excluding hydrogens is 502 g/mol. The van der Waals surface area contributed by atoms with Crippen LogP contribution in [-0.2, 0) is 19.1 Å². The van der Waals surface area contributed by atoms with E-state index in [1.54, 1.807) is 36.4 Å². The first-order chi connectivity index (χ1) is 18.7. The van der Waals surface area contributed by atoms with Gasteiger partial charge in [-0.1, -0.05) is 24.3 Å². The normalized spacial score (nSPS) is 27.0. The summed E-state index contributed by atoms with van der Waals surface area (Å²) < 4.78 is 11.9. The molecule has 0 spiro atoms. The molecular formula is C29H23N3O7. The van der Waals surface area contributed by atoms with Gasteiger partial charge in [0.05, 0.1) is 57.5 Å². The monoisotopic (exact) mass is 525 g/mol. The number of esters is 1. The third-order valence-corrected chi connectivity index (χ3v) is 8.35. The second kappa shape index (κ2) is 8.71. The van der Waals surface area contributed by atoms with Crippen molar-refractivity contribution in [1.29, 1.82) is 5.26 Å². The molecule has 0 saturated carbocycles. The topological polar surface area (TPSA) is 140 Å². The molecule has 6 rings (SSSR count). The molecule has 39 heavy (non-hydrogen) atoms. The van der Waals surface area contributed by atoms with Gasteiger partial charge in [0.1, 0.15) is 0 Å². The van der Waals surface area contributed by atoms with Crippen LogP contribution < -0.4 is 4.90 Å². The summed E-state index contributed by atoms with van der Waals surface area (Å²) in [7, 11) is 0. The number of nitro groups is 1. The van der Waals surface area contributed by atoms with E-state index in [1.165, 1.54) is 29.2 Å². The Kier molecular flexibility index (Phi) is 5.52. The van der Waals surface area contributed by atoms with Crippen molar-refractivity contribution in [3.05, 3.63) is 81.9 Å². The molecule has 3 aromatic rings. The van der Waals surface area contributed by atoms with Crippen LogP contribution in [0.1, 0.15) is 42.1 Å². The molecule has 3 aromatic carbocycles. The van der Waals surface area contributed by atoms with E-state index in [0.717, 1.165) is 0 Å². The van der Waals surface area contributed by atoms with Gasteiger partial charge in [-0.15, -0.1) is 0 Å². The fraction of sp³-hybridized carbons (Fsp3) is 0.310. The van der Waals surface area contributed by atoms with Crippen molar-refractivity contribution < 1.29 is 28.8 Å². The van der Waals surface area contributed by atoms with Gasteiger partial charge in [0.25, 0.3) is 5.69 Å². The van der Waals surface area contributed by atoms with E-state index < -0.39 is 33.9 Å². The first-order valence-corrected chi connectivity index (χ1v) is 12.6. The SMILES string of the molecule is CC12CCC(CCOC(=O)c3ccc([N+](=O)[O-])cc3)(O1)C1C(=O)N(c3ccc(C#N)c4ccccc34)C(=O)C12. The Bertz CT molecular complexity index is 1610. The van der Waals surface area contributed by atoms with Gasteiger partial charge in [-0.05, 0) is 44.0 Å². The smallest absolute Gasteiger partial charge is 0.338 e. The van der Waals surface area contributed by atoms with Crippen molar-refractivity contribution >= 4 is 39.9 Å². The Labute approximate surface area is 222 Å². The largest absolute Gasteiger partial charge is 0.462 e. The molecule has 10 heteroatoms. The Morgan fingerprint density at radius 1 is 1.08 bits per heavy atom. The second-order valence-corrected chi connectivity index (χ2v) is 10.4. The van der Waals surface area contributed by atoms with E-state index in [9.17, 15) is 29.8 Å². The van der Waals surface area contributed by atoms with Crippen LogP contribution in [0.4, 0.5) is 11.4 Å². The van der Waals surface area contributed by atoms with E-state index in [4.69, 9.17) is 9.47 Å². The zero-order valence-electron chi connectivity index (χ0n) is 21.0. The maximum Gasteiger partial charge on any atom is 0.338 e. The average molecular weight is 526 g/mol. The highest BCUT2D eigenvalue weighted by Gasteiger charge is 2.73. The fourth-order valence-electron chi connectivity index (χ4n) is 6.54. The number of amides is 2. The molecule has 3 aliphatic rings. The lowest BCUT2D eigenvalue weighted by Crippen LogP contribution is -2.43. The number of carbonyl (C=O) groups excluding carboxylic acids is 3. The number of nitriles is 1. The Balaban J connectivity index is 1.26. The van der Waals surface area contributed by atoms with E-state index in [2.05, 4.69) is 6.07 Å². The van der Waals surface area contributed by atoms with Crippen LogP contribution in [0.5, 0.6) is 0 Å². The summed E-state index contributed by atoms with van der Waals surface area (Å²) in [5.41, 5.74) is -0.849. The Morgan fingerprint density at radius 2 is 1.77 bits per heavy atom. The number of hydrogen-bond acceptors (Lipinski definition) is 8. The van der Waals surface area contributed by atoms with Gasteiger partial charge >= 0.3 is 5.97 Å². The average Bonchev–Trinajstić information content (AvgIpc) is 3.52. The highest BCUT2D eigenvalue weighted by molar-refractivity contribution is 6.26. The van der Waals surface area contributed by atoms with Crippen LogP contribution in [0.3, 0.4) is 0 Å². The van der Waals surface area contributed by atoms with Gasteiger partial charge in [-0.25, -0.2) is 9.69 Å².